The Morgan fingerprint density at radius 2 is 1.02 bits per heavy atom. The number of unbranched alkanes of at least 4 members (excludes halogenated alkanes) is 16. The van der Waals surface area contributed by atoms with Crippen LogP contribution in [0.1, 0.15) is 162 Å². The third-order valence-electron chi connectivity index (χ3n) is 7.69. The predicted molar refractivity (Wildman–Crippen MR) is 176 cm³/mol. The van der Waals surface area contributed by atoms with E-state index in [9.17, 15) is 20.1 Å². The van der Waals surface area contributed by atoms with Crippen molar-refractivity contribution in [2.24, 2.45) is 0 Å². The molecule has 0 radical (unpaired) electrons. The molecule has 41 heavy (non-hydrogen) atoms. The summed E-state index contributed by atoms with van der Waals surface area (Å²) in [5, 5.41) is 33.2. The van der Waals surface area contributed by atoms with Crippen LogP contribution in [0.2, 0.25) is 0 Å². The number of aliphatic hydroxyl groups is 3. The Morgan fingerprint density at radius 3 is 1.56 bits per heavy atom. The molecular formula is C36H67NO4. The number of nitrogens with one attached hydrogen (secondary N) is 1. The van der Waals surface area contributed by atoms with Crippen LogP contribution in [-0.4, -0.2) is 46.1 Å². The summed E-state index contributed by atoms with van der Waals surface area (Å²) < 4.78 is 0. The largest absolute Gasteiger partial charge is 0.394 e. The second-order valence-corrected chi connectivity index (χ2v) is 11.7. The van der Waals surface area contributed by atoms with Crippen molar-refractivity contribution < 1.29 is 20.1 Å². The molecule has 0 fully saturated rings. The molecule has 0 rings (SSSR count). The third kappa shape index (κ3) is 27.2. The first-order valence-electron chi connectivity index (χ1n) is 17.3. The number of hydrogen-bond donors (Lipinski definition) is 4. The van der Waals surface area contributed by atoms with E-state index in [2.05, 4.69) is 55.6 Å². The molecule has 0 aromatic carbocycles. The number of hydrogen-bond acceptors (Lipinski definition) is 4. The second kappa shape index (κ2) is 31.5. The van der Waals surface area contributed by atoms with Gasteiger partial charge < -0.3 is 20.6 Å². The highest BCUT2D eigenvalue weighted by Crippen LogP contribution is 2.12. The van der Waals surface area contributed by atoms with Gasteiger partial charge in [-0.2, -0.15) is 0 Å². The highest BCUT2D eigenvalue weighted by atomic mass is 16.3. The Hall–Kier alpha value is -1.43. The van der Waals surface area contributed by atoms with E-state index in [4.69, 9.17) is 0 Å². The standard InChI is InChI=1S/C36H67NO4/c1-3-5-7-9-11-13-15-16-17-18-19-20-21-22-24-26-28-30-34(39)36(41)33(32-38)37-35(40)31-29-27-25-23-14-12-10-8-6-4-2/h10,12,18-19,22,24,33-34,36,38-39,41H,3-9,11,13-17,20-21,23,25-32H2,1-2H3,(H,37,40)/b12-10-,19-18+,24-22+. The maximum Gasteiger partial charge on any atom is 0.220 e. The van der Waals surface area contributed by atoms with Gasteiger partial charge in [-0.05, 0) is 70.6 Å². The lowest BCUT2D eigenvalue weighted by molar-refractivity contribution is -0.124. The zero-order valence-corrected chi connectivity index (χ0v) is 26.9. The van der Waals surface area contributed by atoms with Crippen molar-refractivity contribution in [2.75, 3.05) is 6.61 Å². The lowest BCUT2D eigenvalue weighted by Gasteiger charge is -2.26. The molecule has 0 saturated heterocycles. The van der Waals surface area contributed by atoms with Crippen molar-refractivity contribution in [3.05, 3.63) is 36.5 Å². The summed E-state index contributed by atoms with van der Waals surface area (Å²) >= 11 is 0. The normalized spacial score (nSPS) is 14.4. The van der Waals surface area contributed by atoms with Gasteiger partial charge in [-0.3, -0.25) is 4.79 Å². The summed E-state index contributed by atoms with van der Waals surface area (Å²) in [7, 11) is 0. The SMILES string of the molecule is CCCC/C=C\CCCCCCC(=O)NC(CO)C(O)C(O)CCC/C=C/CC/C=C/CCCCCCCCCC. The molecule has 5 heteroatoms. The van der Waals surface area contributed by atoms with Crippen molar-refractivity contribution in [3.8, 4) is 0 Å². The van der Waals surface area contributed by atoms with E-state index < -0.39 is 18.2 Å². The minimum atomic E-state index is -1.17. The summed E-state index contributed by atoms with van der Waals surface area (Å²) in [6.45, 7) is 4.08. The molecule has 0 aliphatic rings. The van der Waals surface area contributed by atoms with Crippen molar-refractivity contribution in [3.63, 3.8) is 0 Å². The molecule has 1 amide bonds. The van der Waals surface area contributed by atoms with E-state index >= 15 is 0 Å². The first-order valence-corrected chi connectivity index (χ1v) is 17.3. The van der Waals surface area contributed by atoms with Gasteiger partial charge in [0, 0.05) is 6.42 Å². The van der Waals surface area contributed by atoms with Crippen LogP contribution in [0.4, 0.5) is 0 Å². The number of carbonyl (C=O) groups excluding carboxylic acids is 1. The van der Waals surface area contributed by atoms with Crippen LogP contribution >= 0.6 is 0 Å². The van der Waals surface area contributed by atoms with Gasteiger partial charge in [-0.15, -0.1) is 0 Å². The number of rotatable bonds is 30. The molecule has 5 nitrogen and oxygen atoms in total. The van der Waals surface area contributed by atoms with Crippen LogP contribution in [-0.2, 0) is 4.79 Å². The van der Waals surface area contributed by atoms with Gasteiger partial charge >= 0.3 is 0 Å². The minimum Gasteiger partial charge on any atom is -0.394 e. The van der Waals surface area contributed by atoms with E-state index in [-0.39, 0.29) is 12.5 Å². The molecular weight excluding hydrogens is 510 g/mol. The first kappa shape index (κ1) is 39.6. The molecule has 0 saturated carbocycles. The number of aliphatic hydroxyl groups excluding tert-OH is 3. The summed E-state index contributed by atoms with van der Waals surface area (Å²) in [5.74, 6) is -0.176. The van der Waals surface area contributed by atoms with Crippen molar-refractivity contribution in [1.82, 2.24) is 5.32 Å². The van der Waals surface area contributed by atoms with Gasteiger partial charge in [-0.1, -0.05) is 121 Å². The molecule has 0 aliphatic carbocycles. The smallest absolute Gasteiger partial charge is 0.220 e. The molecule has 0 bridgehead atoms. The Labute approximate surface area is 254 Å². The van der Waals surface area contributed by atoms with Gasteiger partial charge in [0.15, 0.2) is 0 Å². The van der Waals surface area contributed by atoms with Gasteiger partial charge in [0.05, 0.1) is 18.8 Å². The van der Waals surface area contributed by atoms with Crippen LogP contribution in [0.5, 0.6) is 0 Å². The molecule has 0 spiro atoms. The third-order valence-corrected chi connectivity index (χ3v) is 7.69. The van der Waals surface area contributed by atoms with E-state index in [1.54, 1.807) is 0 Å². The van der Waals surface area contributed by atoms with Crippen molar-refractivity contribution in [1.29, 1.82) is 0 Å². The maximum atomic E-state index is 12.3. The van der Waals surface area contributed by atoms with Gasteiger partial charge in [0.2, 0.25) is 5.91 Å². The summed E-state index contributed by atoms with van der Waals surface area (Å²) in [6.07, 6.45) is 36.7. The monoisotopic (exact) mass is 578 g/mol. The highest BCUT2D eigenvalue weighted by molar-refractivity contribution is 5.76. The number of amides is 1. The lowest BCUT2D eigenvalue weighted by atomic mass is 10.0. The van der Waals surface area contributed by atoms with Gasteiger partial charge in [0.1, 0.15) is 6.10 Å². The average Bonchev–Trinajstić information content (AvgIpc) is 2.97. The molecule has 0 heterocycles. The van der Waals surface area contributed by atoms with E-state index in [0.29, 0.717) is 12.8 Å². The second-order valence-electron chi connectivity index (χ2n) is 11.7. The van der Waals surface area contributed by atoms with Crippen LogP contribution in [0.25, 0.3) is 0 Å². The zero-order valence-electron chi connectivity index (χ0n) is 26.9. The molecule has 3 unspecified atom stereocenters. The summed E-state index contributed by atoms with van der Waals surface area (Å²) in [5.41, 5.74) is 0. The molecule has 0 aliphatic heterocycles. The van der Waals surface area contributed by atoms with Crippen molar-refractivity contribution >= 4 is 5.91 Å². The molecule has 0 aromatic heterocycles. The quantitative estimate of drug-likeness (QED) is 0.0507. The van der Waals surface area contributed by atoms with Gasteiger partial charge in [0.25, 0.3) is 0 Å². The molecule has 240 valence electrons. The topological polar surface area (TPSA) is 89.8 Å². The van der Waals surface area contributed by atoms with Crippen molar-refractivity contribution in [2.45, 2.75) is 180 Å². The lowest BCUT2D eigenvalue weighted by Crippen LogP contribution is -2.50. The fourth-order valence-electron chi connectivity index (χ4n) is 4.92. The van der Waals surface area contributed by atoms with E-state index in [1.165, 1.54) is 70.6 Å². The molecule has 4 N–H and O–H groups in total. The Kier molecular flexibility index (Phi) is 30.4. The fraction of sp³-hybridized carbons (Fsp3) is 0.806. The molecule has 0 aromatic rings. The summed E-state index contributed by atoms with van der Waals surface area (Å²) in [4.78, 5) is 12.3. The van der Waals surface area contributed by atoms with Gasteiger partial charge in [-0.25, -0.2) is 0 Å². The van der Waals surface area contributed by atoms with Crippen LogP contribution < -0.4 is 5.32 Å². The van der Waals surface area contributed by atoms with E-state index in [1.807, 2.05) is 0 Å². The Balaban J connectivity index is 3.81. The highest BCUT2D eigenvalue weighted by Gasteiger charge is 2.26. The maximum absolute atomic E-state index is 12.3. The number of allylic oxidation sites excluding steroid dienone is 6. The van der Waals surface area contributed by atoms with Crippen LogP contribution in [0.3, 0.4) is 0 Å². The van der Waals surface area contributed by atoms with E-state index in [0.717, 1.165) is 64.2 Å². The average molecular weight is 578 g/mol. The Morgan fingerprint density at radius 1 is 0.585 bits per heavy atom. The van der Waals surface area contributed by atoms with Crippen LogP contribution in [0, 0.1) is 0 Å². The molecule has 3 atom stereocenters. The predicted octanol–water partition coefficient (Wildman–Crippen LogP) is 8.87. The zero-order chi connectivity index (χ0) is 30.2. The fourth-order valence-corrected chi connectivity index (χ4v) is 4.92. The number of carbonyl (C=O) groups is 1. The summed E-state index contributed by atoms with van der Waals surface area (Å²) in [6, 6.07) is -0.834. The minimum absolute atomic E-state index is 0.176. The Bertz CT molecular complexity index is 645. The first-order chi connectivity index (χ1) is 20.1. The van der Waals surface area contributed by atoms with Crippen LogP contribution in [0.15, 0.2) is 36.5 Å².